The Labute approximate surface area is 196 Å². The summed E-state index contributed by atoms with van der Waals surface area (Å²) in [6.45, 7) is 1.85. The van der Waals surface area contributed by atoms with Crippen LogP contribution in [-0.4, -0.2) is 29.7 Å². The maximum atomic E-state index is 9.53. The highest BCUT2D eigenvalue weighted by atomic mass is 15.3. The van der Waals surface area contributed by atoms with Gasteiger partial charge in [-0.15, -0.1) is 0 Å². The molecule has 164 valence electrons. The van der Waals surface area contributed by atoms with Gasteiger partial charge in [-0.2, -0.15) is 10.4 Å². The first-order valence-electron chi connectivity index (χ1n) is 10.7. The maximum absolute atomic E-state index is 9.53. The molecule has 0 saturated carbocycles. The van der Waals surface area contributed by atoms with Crippen molar-refractivity contribution in [1.82, 2.24) is 29.7 Å². The van der Waals surface area contributed by atoms with Gasteiger partial charge in [0.15, 0.2) is 0 Å². The Kier molecular flexibility index (Phi) is 5.74. The van der Waals surface area contributed by atoms with Gasteiger partial charge in [0.2, 0.25) is 5.95 Å². The molecule has 0 aliphatic rings. The van der Waals surface area contributed by atoms with Gasteiger partial charge in [-0.05, 0) is 73.2 Å². The predicted molar refractivity (Wildman–Crippen MR) is 129 cm³/mol. The van der Waals surface area contributed by atoms with E-state index in [1.165, 1.54) is 0 Å². The normalized spacial score (nSPS) is 10.6. The maximum Gasteiger partial charge on any atom is 0.227 e. The topological polar surface area (TPSA) is 105 Å². The van der Waals surface area contributed by atoms with Crippen LogP contribution in [0.1, 0.15) is 22.6 Å². The number of aromatic nitrogens is 6. The summed E-state index contributed by atoms with van der Waals surface area (Å²) >= 11 is 0. The Balaban J connectivity index is 1.38. The van der Waals surface area contributed by atoms with Gasteiger partial charge in [0.25, 0.3) is 0 Å². The van der Waals surface area contributed by atoms with Crippen molar-refractivity contribution in [1.29, 1.82) is 5.26 Å². The minimum atomic E-state index is 0.468. The van der Waals surface area contributed by atoms with Crippen LogP contribution < -0.4 is 5.32 Å². The molecule has 3 heterocycles. The first-order chi connectivity index (χ1) is 16.7. The van der Waals surface area contributed by atoms with Crippen molar-refractivity contribution < 1.29 is 0 Å². The van der Waals surface area contributed by atoms with Gasteiger partial charge in [-0.25, -0.2) is 19.6 Å². The Morgan fingerprint density at radius 1 is 0.941 bits per heavy atom. The number of hydrogen-bond acceptors (Lipinski definition) is 7. The summed E-state index contributed by atoms with van der Waals surface area (Å²) in [7, 11) is 0. The quantitative estimate of drug-likeness (QED) is 0.407. The molecular formula is C26H20N8. The highest BCUT2D eigenvalue weighted by molar-refractivity contribution is 5.65. The zero-order valence-electron chi connectivity index (χ0n) is 18.4. The zero-order valence-corrected chi connectivity index (χ0v) is 18.4. The molecule has 34 heavy (non-hydrogen) atoms. The smallest absolute Gasteiger partial charge is 0.227 e. The molecule has 8 nitrogen and oxygen atoms in total. The van der Waals surface area contributed by atoms with Gasteiger partial charge < -0.3 is 5.32 Å². The number of pyridine rings is 1. The van der Waals surface area contributed by atoms with Crippen LogP contribution in [0.4, 0.5) is 11.6 Å². The second-order valence-electron chi connectivity index (χ2n) is 7.70. The first kappa shape index (κ1) is 21.0. The standard InChI is InChI=1S/C26H20N8/c1-18-30-17-34(33-18)24-7-5-22(6-8-24)31-26-29-11-9-25(32-26)21-13-19(12-20(14-21)16-27)15-23-4-2-3-10-28-23/h2-14,17H,15H2,1H3,(H,29,31,32). The lowest BCUT2D eigenvalue weighted by atomic mass is 10.0. The summed E-state index contributed by atoms with van der Waals surface area (Å²) in [6, 6.07) is 23.4. The largest absolute Gasteiger partial charge is 0.324 e. The van der Waals surface area contributed by atoms with Crippen molar-refractivity contribution >= 4 is 11.6 Å². The molecule has 2 aromatic carbocycles. The minimum Gasteiger partial charge on any atom is -0.324 e. The van der Waals surface area contributed by atoms with Crippen LogP contribution in [-0.2, 0) is 6.42 Å². The average molecular weight is 445 g/mol. The molecule has 0 unspecified atom stereocenters. The second-order valence-corrected chi connectivity index (χ2v) is 7.70. The van der Waals surface area contributed by atoms with Crippen LogP contribution in [0, 0.1) is 18.3 Å². The monoisotopic (exact) mass is 444 g/mol. The second kappa shape index (κ2) is 9.30. The Morgan fingerprint density at radius 3 is 2.56 bits per heavy atom. The fourth-order valence-corrected chi connectivity index (χ4v) is 3.59. The SMILES string of the molecule is Cc1ncn(-c2ccc(Nc3nccc(-c4cc(C#N)cc(Cc5ccccn5)c4)n3)cc2)n1. The third-order valence-corrected chi connectivity index (χ3v) is 5.18. The number of nitriles is 1. The van der Waals surface area contributed by atoms with E-state index >= 15 is 0 Å². The van der Waals surface area contributed by atoms with Gasteiger partial charge in [0.1, 0.15) is 12.2 Å². The molecule has 0 bridgehead atoms. The molecule has 0 saturated heterocycles. The van der Waals surface area contributed by atoms with Crippen molar-refractivity contribution in [2.24, 2.45) is 0 Å². The number of hydrogen-bond donors (Lipinski definition) is 1. The van der Waals surface area contributed by atoms with Gasteiger partial charge in [0, 0.05) is 35.8 Å². The molecule has 5 rings (SSSR count). The number of nitrogens with one attached hydrogen (secondary N) is 1. The van der Waals surface area contributed by atoms with Crippen LogP contribution in [0.15, 0.2) is 85.5 Å². The highest BCUT2D eigenvalue weighted by Crippen LogP contribution is 2.24. The van der Waals surface area contributed by atoms with E-state index in [0.29, 0.717) is 17.9 Å². The van der Waals surface area contributed by atoms with Crippen LogP contribution in [0.3, 0.4) is 0 Å². The Morgan fingerprint density at radius 2 is 1.82 bits per heavy atom. The number of aryl methyl sites for hydroxylation is 1. The lowest BCUT2D eigenvalue weighted by molar-refractivity contribution is 0.863. The van der Waals surface area contributed by atoms with Crippen molar-refractivity contribution in [3.63, 3.8) is 0 Å². The Bertz CT molecular complexity index is 1470. The van der Waals surface area contributed by atoms with Crippen molar-refractivity contribution in [2.75, 3.05) is 5.32 Å². The average Bonchev–Trinajstić information content (AvgIpc) is 3.31. The first-order valence-corrected chi connectivity index (χ1v) is 10.7. The molecule has 0 atom stereocenters. The zero-order chi connectivity index (χ0) is 23.3. The predicted octanol–water partition coefficient (Wildman–Crippen LogP) is 4.63. The molecule has 0 spiro atoms. The lowest BCUT2D eigenvalue weighted by Crippen LogP contribution is -2.00. The van der Waals surface area contributed by atoms with Crippen molar-refractivity contribution in [3.05, 3.63) is 108 Å². The fraction of sp³-hybridized carbons (Fsp3) is 0.0769. The summed E-state index contributed by atoms with van der Waals surface area (Å²) in [4.78, 5) is 17.6. The molecule has 0 fully saturated rings. The number of benzene rings is 2. The molecule has 5 aromatic rings. The number of rotatable bonds is 6. The van der Waals surface area contributed by atoms with Gasteiger partial charge >= 0.3 is 0 Å². The van der Waals surface area contributed by atoms with E-state index < -0.39 is 0 Å². The summed E-state index contributed by atoms with van der Waals surface area (Å²) in [5.74, 6) is 1.19. The molecule has 0 aliphatic carbocycles. The van der Waals surface area contributed by atoms with E-state index in [9.17, 15) is 5.26 Å². The van der Waals surface area contributed by atoms with E-state index in [4.69, 9.17) is 0 Å². The number of anilines is 2. The molecule has 0 radical (unpaired) electrons. The summed E-state index contributed by atoms with van der Waals surface area (Å²) < 4.78 is 1.72. The minimum absolute atomic E-state index is 0.468. The third kappa shape index (κ3) is 4.79. The molecule has 3 aromatic heterocycles. The van der Waals surface area contributed by atoms with E-state index in [-0.39, 0.29) is 0 Å². The molecule has 1 N–H and O–H groups in total. The van der Waals surface area contributed by atoms with Gasteiger partial charge in [-0.1, -0.05) is 6.07 Å². The van der Waals surface area contributed by atoms with Crippen molar-refractivity contribution in [2.45, 2.75) is 13.3 Å². The van der Waals surface area contributed by atoms with E-state index in [1.54, 1.807) is 23.4 Å². The van der Waals surface area contributed by atoms with E-state index in [0.717, 1.165) is 39.7 Å². The van der Waals surface area contributed by atoms with Crippen LogP contribution >= 0.6 is 0 Å². The molecular weight excluding hydrogens is 424 g/mol. The summed E-state index contributed by atoms with van der Waals surface area (Å²) in [5, 5.41) is 17.1. The Hall–Kier alpha value is -4.90. The lowest BCUT2D eigenvalue weighted by Gasteiger charge is -2.09. The summed E-state index contributed by atoms with van der Waals surface area (Å²) in [6.07, 6.45) is 5.79. The summed E-state index contributed by atoms with van der Waals surface area (Å²) in [5.41, 5.74) is 5.86. The molecule has 0 aliphatic heterocycles. The van der Waals surface area contributed by atoms with E-state index in [2.05, 4.69) is 36.4 Å². The fourth-order valence-electron chi connectivity index (χ4n) is 3.59. The van der Waals surface area contributed by atoms with Crippen LogP contribution in [0.5, 0.6) is 0 Å². The van der Waals surface area contributed by atoms with Gasteiger partial charge in [-0.3, -0.25) is 4.98 Å². The third-order valence-electron chi connectivity index (χ3n) is 5.18. The highest BCUT2D eigenvalue weighted by Gasteiger charge is 2.08. The van der Waals surface area contributed by atoms with Gasteiger partial charge in [0.05, 0.1) is 23.0 Å². The van der Waals surface area contributed by atoms with Crippen LogP contribution in [0.2, 0.25) is 0 Å². The van der Waals surface area contributed by atoms with Crippen LogP contribution in [0.25, 0.3) is 16.9 Å². The molecule has 8 heteroatoms. The number of nitrogens with zero attached hydrogens (tertiary/aromatic N) is 7. The van der Waals surface area contributed by atoms with Crippen molar-refractivity contribution in [3.8, 4) is 23.0 Å². The molecule has 0 amide bonds. The van der Waals surface area contributed by atoms with E-state index in [1.807, 2.05) is 73.7 Å².